The Morgan fingerprint density at radius 1 is 0.621 bits per heavy atom. The first-order valence-corrected chi connectivity index (χ1v) is 10.8. The molecule has 0 spiro atoms. The van der Waals surface area contributed by atoms with Crippen LogP contribution >= 0.6 is 7.92 Å². The normalized spacial score (nSPS) is 10.8. The maximum atomic E-state index is 11.5. The van der Waals surface area contributed by atoms with Crippen molar-refractivity contribution in [3.63, 3.8) is 0 Å². The summed E-state index contributed by atoms with van der Waals surface area (Å²) < 4.78 is 0. The summed E-state index contributed by atoms with van der Waals surface area (Å²) in [4.78, 5) is 11.2. The van der Waals surface area contributed by atoms with E-state index in [0.29, 0.717) is 6.42 Å². The third-order valence-corrected chi connectivity index (χ3v) is 7.38. The van der Waals surface area contributed by atoms with E-state index < -0.39 is 7.92 Å². The third-order valence-electron chi connectivity index (χ3n) is 4.83. The molecule has 142 valence electrons. The zero-order valence-electron chi connectivity index (χ0n) is 15.8. The minimum absolute atomic E-state index is 0.172. The zero-order valence-corrected chi connectivity index (χ0v) is 16.7. The molecule has 0 radical (unpaired) electrons. The van der Waals surface area contributed by atoms with Crippen LogP contribution < -0.4 is 15.9 Å². The van der Waals surface area contributed by atoms with Gasteiger partial charge in [-0.05, 0) is 29.4 Å². The first kappa shape index (κ1) is 19.0. The van der Waals surface area contributed by atoms with Gasteiger partial charge >= 0.3 is 0 Å². The van der Waals surface area contributed by atoms with E-state index in [1.807, 2.05) is 30.3 Å². The number of benzene rings is 4. The fourth-order valence-corrected chi connectivity index (χ4v) is 5.97. The molecular weight excluding hydrogens is 377 g/mol. The number of para-hydroxylation sites is 1. The van der Waals surface area contributed by atoms with Crippen molar-refractivity contribution in [1.29, 1.82) is 0 Å². The summed E-state index contributed by atoms with van der Waals surface area (Å²) in [5, 5.41) is 15.3. The van der Waals surface area contributed by atoms with Crippen molar-refractivity contribution in [3.05, 3.63) is 130 Å². The first-order chi connectivity index (χ1) is 14.2. The van der Waals surface area contributed by atoms with Crippen LogP contribution in [0.15, 0.2) is 109 Å². The Balaban J connectivity index is 1.83. The van der Waals surface area contributed by atoms with Crippen LogP contribution in [0.1, 0.15) is 11.1 Å². The summed E-state index contributed by atoms with van der Waals surface area (Å²) in [5.41, 5.74) is 2.03. The van der Waals surface area contributed by atoms with Crippen molar-refractivity contribution >= 4 is 29.5 Å². The fraction of sp³-hybridized carbons (Fsp3) is 0.0400. The van der Waals surface area contributed by atoms with Gasteiger partial charge in [-0.3, -0.25) is 10.1 Å². The van der Waals surface area contributed by atoms with Crippen LogP contribution in [0.25, 0.3) is 0 Å². The van der Waals surface area contributed by atoms with Gasteiger partial charge in [0.25, 0.3) is 5.69 Å². The second-order valence-electron chi connectivity index (χ2n) is 6.70. The molecule has 4 aromatic rings. The van der Waals surface area contributed by atoms with Crippen molar-refractivity contribution < 1.29 is 4.92 Å². The highest BCUT2D eigenvalue weighted by atomic mass is 31.1. The molecule has 0 aliphatic carbocycles. The van der Waals surface area contributed by atoms with Crippen LogP contribution in [-0.2, 0) is 6.42 Å². The molecule has 0 aromatic heterocycles. The standard InChI is InChI=1S/C25H20NO2P/c27-26(28)24-17-9-7-11-20(24)19-21-12-8-10-18-25(21)29(22-13-3-1-4-14-22)23-15-5-2-6-16-23/h1-18H,19H2. The van der Waals surface area contributed by atoms with Gasteiger partial charge in [-0.15, -0.1) is 0 Å². The molecule has 4 rings (SSSR count). The van der Waals surface area contributed by atoms with Crippen LogP contribution in [0.5, 0.6) is 0 Å². The molecule has 0 saturated heterocycles. The van der Waals surface area contributed by atoms with E-state index in [2.05, 4.69) is 66.7 Å². The smallest absolute Gasteiger partial charge is 0.258 e. The number of nitro benzene ring substituents is 1. The van der Waals surface area contributed by atoms with Crippen LogP contribution in [0.2, 0.25) is 0 Å². The van der Waals surface area contributed by atoms with E-state index >= 15 is 0 Å². The Hall–Kier alpha value is -3.29. The highest BCUT2D eigenvalue weighted by Gasteiger charge is 2.21. The third kappa shape index (κ3) is 4.26. The van der Waals surface area contributed by atoms with Crippen molar-refractivity contribution in [2.45, 2.75) is 6.42 Å². The molecule has 0 saturated carbocycles. The topological polar surface area (TPSA) is 43.1 Å². The van der Waals surface area contributed by atoms with Gasteiger partial charge < -0.3 is 0 Å². The van der Waals surface area contributed by atoms with Crippen molar-refractivity contribution in [2.24, 2.45) is 0 Å². The Bertz CT molecular complexity index is 1070. The molecule has 4 heteroatoms. The summed E-state index contributed by atoms with van der Waals surface area (Å²) in [7, 11) is -0.758. The molecule has 0 aliphatic heterocycles. The second-order valence-corrected chi connectivity index (χ2v) is 8.88. The number of nitrogens with zero attached hydrogens (tertiary/aromatic N) is 1. The number of hydrogen-bond donors (Lipinski definition) is 0. The van der Waals surface area contributed by atoms with Crippen LogP contribution in [0.4, 0.5) is 5.69 Å². The summed E-state index contributed by atoms with van der Waals surface area (Å²) in [6, 6.07) is 36.3. The Kier molecular flexibility index (Phi) is 5.79. The zero-order chi connectivity index (χ0) is 20.1. The highest BCUT2D eigenvalue weighted by Crippen LogP contribution is 2.35. The molecule has 29 heavy (non-hydrogen) atoms. The lowest BCUT2D eigenvalue weighted by atomic mass is 10.0. The van der Waals surface area contributed by atoms with E-state index in [0.717, 1.165) is 11.1 Å². The quantitative estimate of drug-likeness (QED) is 0.263. The molecule has 3 nitrogen and oxygen atoms in total. The van der Waals surface area contributed by atoms with Gasteiger partial charge in [0, 0.05) is 18.1 Å². The predicted molar refractivity (Wildman–Crippen MR) is 121 cm³/mol. The van der Waals surface area contributed by atoms with Gasteiger partial charge in [-0.25, -0.2) is 0 Å². The van der Waals surface area contributed by atoms with Gasteiger partial charge in [0.05, 0.1) is 4.92 Å². The second kappa shape index (κ2) is 8.81. The monoisotopic (exact) mass is 397 g/mol. The fourth-order valence-electron chi connectivity index (χ4n) is 3.50. The molecular formula is C25H20NO2P. The average molecular weight is 397 g/mol. The van der Waals surface area contributed by atoms with Crippen molar-refractivity contribution in [1.82, 2.24) is 0 Å². The van der Waals surface area contributed by atoms with Gasteiger partial charge in [-0.1, -0.05) is 103 Å². The van der Waals surface area contributed by atoms with Crippen molar-refractivity contribution in [2.75, 3.05) is 0 Å². The number of hydrogen-bond acceptors (Lipinski definition) is 2. The largest absolute Gasteiger partial charge is 0.272 e. The maximum Gasteiger partial charge on any atom is 0.272 e. The summed E-state index contributed by atoms with van der Waals surface area (Å²) in [6.45, 7) is 0. The van der Waals surface area contributed by atoms with Crippen LogP contribution in [0, 0.1) is 10.1 Å². The molecule has 0 amide bonds. The van der Waals surface area contributed by atoms with E-state index in [1.54, 1.807) is 12.1 Å². The first-order valence-electron chi connectivity index (χ1n) is 9.44. The lowest BCUT2D eigenvalue weighted by Gasteiger charge is -2.22. The highest BCUT2D eigenvalue weighted by molar-refractivity contribution is 7.79. The molecule has 0 fully saturated rings. The van der Waals surface area contributed by atoms with Crippen molar-refractivity contribution in [3.8, 4) is 0 Å². The molecule has 0 unspecified atom stereocenters. The lowest BCUT2D eigenvalue weighted by molar-refractivity contribution is -0.385. The molecule has 4 aromatic carbocycles. The van der Waals surface area contributed by atoms with E-state index in [-0.39, 0.29) is 10.6 Å². The minimum Gasteiger partial charge on any atom is -0.258 e. The van der Waals surface area contributed by atoms with E-state index in [9.17, 15) is 10.1 Å². The molecule has 0 N–H and O–H groups in total. The van der Waals surface area contributed by atoms with E-state index in [4.69, 9.17) is 0 Å². The molecule has 0 bridgehead atoms. The maximum absolute atomic E-state index is 11.5. The number of nitro groups is 1. The van der Waals surface area contributed by atoms with Gasteiger partial charge in [0.2, 0.25) is 0 Å². The average Bonchev–Trinajstić information content (AvgIpc) is 2.77. The van der Waals surface area contributed by atoms with Gasteiger partial charge in [-0.2, -0.15) is 0 Å². The molecule has 0 atom stereocenters. The predicted octanol–water partition coefficient (Wildman–Crippen LogP) is 4.94. The summed E-state index contributed by atoms with van der Waals surface area (Å²) >= 11 is 0. The van der Waals surface area contributed by atoms with Gasteiger partial charge in [0.1, 0.15) is 0 Å². The van der Waals surface area contributed by atoms with Crippen LogP contribution in [-0.4, -0.2) is 4.92 Å². The Morgan fingerprint density at radius 2 is 1.10 bits per heavy atom. The summed E-state index contributed by atoms with van der Waals surface area (Å²) in [6.07, 6.45) is 0.534. The number of rotatable bonds is 6. The lowest BCUT2D eigenvalue weighted by Crippen LogP contribution is -2.23. The minimum atomic E-state index is -0.758. The molecule has 0 heterocycles. The van der Waals surface area contributed by atoms with Crippen LogP contribution in [0.3, 0.4) is 0 Å². The summed E-state index contributed by atoms with van der Waals surface area (Å²) in [5.74, 6) is 0. The van der Waals surface area contributed by atoms with Gasteiger partial charge in [0.15, 0.2) is 0 Å². The Morgan fingerprint density at radius 3 is 1.69 bits per heavy atom. The Labute approximate surface area is 171 Å². The van der Waals surface area contributed by atoms with E-state index in [1.165, 1.54) is 15.9 Å². The molecule has 0 aliphatic rings. The SMILES string of the molecule is O=[N+]([O-])c1ccccc1Cc1ccccc1P(c1ccccc1)c1ccccc1.